The van der Waals surface area contributed by atoms with E-state index in [0.717, 1.165) is 0 Å². The number of carbonyl (C=O) groups excluding carboxylic acids is 1. The Bertz CT molecular complexity index is 352. The summed E-state index contributed by atoms with van der Waals surface area (Å²) < 4.78 is 0.622. The summed E-state index contributed by atoms with van der Waals surface area (Å²) in [6.45, 7) is 4.04. The number of carbonyl (C=O) groups is 1. The van der Waals surface area contributed by atoms with E-state index in [-0.39, 0.29) is 5.91 Å². The molecule has 0 fully saturated rings. The molecule has 3 N–H and O–H groups in total. The molecule has 0 saturated heterocycles. The fraction of sp³-hybridized carbons (Fsp3) is 0.500. The molecular weight excluding hydrogens is 272 g/mol. The van der Waals surface area contributed by atoms with E-state index in [1.165, 1.54) is 12.4 Å². The molecule has 0 aromatic carbocycles. The molecule has 1 amide bonds. The molecule has 0 spiro atoms. The first kappa shape index (κ1) is 13.1. The second kappa shape index (κ2) is 5.91. The molecule has 16 heavy (non-hydrogen) atoms. The van der Waals surface area contributed by atoms with E-state index >= 15 is 0 Å². The third-order valence-electron chi connectivity index (χ3n) is 1.93. The van der Waals surface area contributed by atoms with Crippen molar-refractivity contribution in [3.8, 4) is 0 Å². The van der Waals surface area contributed by atoms with E-state index in [9.17, 15) is 4.79 Å². The van der Waals surface area contributed by atoms with Crippen molar-refractivity contribution >= 4 is 27.7 Å². The van der Waals surface area contributed by atoms with Gasteiger partial charge in [0.05, 0.1) is 18.4 Å². The molecule has 0 unspecified atom stereocenters. The second-order valence-electron chi connectivity index (χ2n) is 3.95. The number of aromatic nitrogens is 2. The van der Waals surface area contributed by atoms with Gasteiger partial charge in [-0.05, 0) is 28.3 Å². The Morgan fingerprint density at radius 3 is 2.69 bits per heavy atom. The van der Waals surface area contributed by atoms with Crippen LogP contribution in [0.5, 0.6) is 0 Å². The quantitative estimate of drug-likeness (QED) is 0.880. The lowest BCUT2D eigenvalue weighted by molar-refractivity contribution is -0.117. The van der Waals surface area contributed by atoms with Crippen molar-refractivity contribution in [1.29, 1.82) is 0 Å². The lowest BCUT2D eigenvalue weighted by Gasteiger charge is -2.13. The fourth-order valence-electron chi connectivity index (χ4n) is 1.21. The van der Waals surface area contributed by atoms with E-state index in [0.29, 0.717) is 22.8 Å². The molecule has 1 aromatic heterocycles. The topological polar surface area (TPSA) is 80.9 Å². The Morgan fingerprint density at radius 2 is 2.19 bits per heavy atom. The Kier molecular flexibility index (Phi) is 4.82. The zero-order chi connectivity index (χ0) is 12.1. The van der Waals surface area contributed by atoms with Crippen LogP contribution in [0.3, 0.4) is 0 Å². The van der Waals surface area contributed by atoms with Gasteiger partial charge in [-0.15, -0.1) is 0 Å². The average molecular weight is 287 g/mol. The molecule has 0 aliphatic rings. The van der Waals surface area contributed by atoms with E-state index in [2.05, 4.69) is 31.2 Å². The summed E-state index contributed by atoms with van der Waals surface area (Å²) in [5.74, 6) is 0.564. The van der Waals surface area contributed by atoms with Crippen molar-refractivity contribution in [3.63, 3.8) is 0 Å². The van der Waals surface area contributed by atoms with Gasteiger partial charge in [0.2, 0.25) is 5.91 Å². The van der Waals surface area contributed by atoms with Crippen LogP contribution in [-0.2, 0) is 4.79 Å². The van der Waals surface area contributed by atoms with Crippen LogP contribution in [0.1, 0.15) is 20.3 Å². The molecule has 0 aliphatic carbocycles. The maximum atomic E-state index is 11.6. The predicted octanol–water partition coefficient (Wildman–Crippen LogP) is 1.55. The van der Waals surface area contributed by atoms with Crippen LogP contribution < -0.4 is 11.1 Å². The molecule has 1 rings (SSSR count). The number of hydrogen-bond donors (Lipinski definition) is 2. The summed E-state index contributed by atoms with van der Waals surface area (Å²) in [4.78, 5) is 19.6. The normalized spacial score (nSPS) is 12.6. The first-order chi connectivity index (χ1) is 7.49. The summed E-state index contributed by atoms with van der Waals surface area (Å²) in [6, 6.07) is -0.509. The van der Waals surface area contributed by atoms with Gasteiger partial charge in [-0.25, -0.2) is 9.97 Å². The Balaban J connectivity index is 2.54. The number of nitrogens with zero attached hydrogens (tertiary/aromatic N) is 2. The molecule has 0 aliphatic heterocycles. The van der Waals surface area contributed by atoms with E-state index in [4.69, 9.17) is 5.73 Å². The monoisotopic (exact) mass is 286 g/mol. The summed E-state index contributed by atoms with van der Waals surface area (Å²) in [7, 11) is 0. The highest BCUT2D eigenvalue weighted by atomic mass is 79.9. The molecule has 1 heterocycles. The maximum absolute atomic E-state index is 11.6. The molecule has 6 heteroatoms. The average Bonchev–Trinajstić information content (AvgIpc) is 2.20. The minimum Gasteiger partial charge on any atom is -0.320 e. The largest absolute Gasteiger partial charge is 0.320 e. The predicted molar refractivity (Wildman–Crippen MR) is 65.8 cm³/mol. The maximum Gasteiger partial charge on any atom is 0.242 e. The van der Waals surface area contributed by atoms with Gasteiger partial charge in [-0.2, -0.15) is 0 Å². The van der Waals surface area contributed by atoms with Gasteiger partial charge in [0.1, 0.15) is 4.60 Å². The van der Waals surface area contributed by atoms with Crippen LogP contribution >= 0.6 is 15.9 Å². The van der Waals surface area contributed by atoms with Crippen molar-refractivity contribution in [2.75, 3.05) is 5.32 Å². The van der Waals surface area contributed by atoms with Crippen LogP contribution in [-0.4, -0.2) is 21.9 Å². The van der Waals surface area contributed by atoms with Crippen LogP contribution in [0.4, 0.5) is 5.82 Å². The number of nitrogens with one attached hydrogen (secondary N) is 1. The van der Waals surface area contributed by atoms with Crippen LogP contribution in [0.25, 0.3) is 0 Å². The highest BCUT2D eigenvalue weighted by molar-refractivity contribution is 9.10. The van der Waals surface area contributed by atoms with Crippen LogP contribution in [0, 0.1) is 5.92 Å². The molecule has 1 atom stereocenters. The Labute approximate surface area is 103 Å². The number of nitrogens with two attached hydrogens (primary N) is 1. The number of halogens is 1. The highest BCUT2D eigenvalue weighted by Gasteiger charge is 2.15. The minimum atomic E-state index is -0.509. The van der Waals surface area contributed by atoms with E-state index in [1.807, 2.05) is 13.8 Å². The van der Waals surface area contributed by atoms with Gasteiger partial charge in [0.15, 0.2) is 5.82 Å². The Hall–Kier alpha value is -1.01. The van der Waals surface area contributed by atoms with E-state index in [1.54, 1.807) is 0 Å². The van der Waals surface area contributed by atoms with Crippen molar-refractivity contribution in [2.24, 2.45) is 11.7 Å². The summed E-state index contributed by atoms with van der Waals surface area (Å²) in [6.07, 6.45) is 3.64. The first-order valence-corrected chi connectivity index (χ1v) is 5.82. The van der Waals surface area contributed by atoms with Crippen molar-refractivity contribution in [1.82, 2.24) is 9.97 Å². The SMILES string of the molecule is CC(C)C[C@@H](N)C(=O)Nc1cnc(Br)cn1. The lowest BCUT2D eigenvalue weighted by atomic mass is 10.0. The molecular formula is C10H15BrN4O. The van der Waals surface area contributed by atoms with Crippen LogP contribution in [0.15, 0.2) is 17.0 Å². The third kappa shape index (κ3) is 4.24. The summed E-state index contributed by atoms with van der Waals surface area (Å²) in [5, 5.41) is 2.62. The second-order valence-corrected chi connectivity index (χ2v) is 4.76. The Morgan fingerprint density at radius 1 is 1.50 bits per heavy atom. The molecule has 0 saturated carbocycles. The smallest absolute Gasteiger partial charge is 0.242 e. The number of amides is 1. The molecule has 0 radical (unpaired) electrons. The lowest BCUT2D eigenvalue weighted by Crippen LogP contribution is -2.36. The molecule has 88 valence electrons. The van der Waals surface area contributed by atoms with Gasteiger partial charge in [0.25, 0.3) is 0 Å². The van der Waals surface area contributed by atoms with Gasteiger partial charge < -0.3 is 11.1 Å². The zero-order valence-electron chi connectivity index (χ0n) is 9.27. The fourth-order valence-corrected chi connectivity index (χ4v) is 1.42. The third-order valence-corrected chi connectivity index (χ3v) is 2.34. The molecule has 0 bridgehead atoms. The summed E-state index contributed by atoms with van der Waals surface area (Å²) >= 11 is 3.16. The number of rotatable bonds is 4. The van der Waals surface area contributed by atoms with E-state index < -0.39 is 6.04 Å². The first-order valence-electron chi connectivity index (χ1n) is 5.03. The van der Waals surface area contributed by atoms with Gasteiger partial charge in [-0.1, -0.05) is 13.8 Å². The minimum absolute atomic E-state index is 0.231. The zero-order valence-corrected chi connectivity index (χ0v) is 10.9. The molecule has 1 aromatic rings. The highest BCUT2D eigenvalue weighted by Crippen LogP contribution is 2.08. The van der Waals surface area contributed by atoms with Crippen LogP contribution in [0.2, 0.25) is 0 Å². The number of hydrogen-bond acceptors (Lipinski definition) is 4. The molecule has 5 nitrogen and oxygen atoms in total. The van der Waals surface area contributed by atoms with Gasteiger partial charge >= 0.3 is 0 Å². The van der Waals surface area contributed by atoms with Crippen molar-refractivity contribution < 1.29 is 4.79 Å². The van der Waals surface area contributed by atoms with Gasteiger partial charge in [-0.3, -0.25) is 4.79 Å². The summed E-state index contributed by atoms with van der Waals surface area (Å²) in [5.41, 5.74) is 5.73. The van der Waals surface area contributed by atoms with Crippen molar-refractivity contribution in [2.45, 2.75) is 26.3 Å². The van der Waals surface area contributed by atoms with Gasteiger partial charge in [0, 0.05) is 0 Å². The van der Waals surface area contributed by atoms with Crippen molar-refractivity contribution in [3.05, 3.63) is 17.0 Å². The standard InChI is InChI=1S/C10H15BrN4O/c1-6(2)3-7(12)10(16)15-9-5-13-8(11)4-14-9/h4-7H,3,12H2,1-2H3,(H,14,15,16)/t7-/m1/s1. The number of anilines is 1.